The van der Waals surface area contributed by atoms with E-state index in [1.807, 2.05) is 13.0 Å². The molecule has 0 saturated carbocycles. The Morgan fingerprint density at radius 3 is 2.86 bits per heavy atom. The predicted octanol–water partition coefficient (Wildman–Crippen LogP) is 2.18. The van der Waals surface area contributed by atoms with E-state index in [0.29, 0.717) is 0 Å². The minimum atomic E-state index is -0.301. The molecule has 0 bridgehead atoms. The van der Waals surface area contributed by atoms with Crippen molar-refractivity contribution in [2.45, 2.75) is 20.3 Å². The molecule has 2 rings (SSSR count). The maximum atomic E-state index is 10.8. The molecule has 14 heavy (non-hydrogen) atoms. The molecule has 4 heteroatoms. The van der Waals surface area contributed by atoms with E-state index >= 15 is 0 Å². The quantitative estimate of drug-likeness (QED) is 0.548. The van der Waals surface area contributed by atoms with E-state index in [0.717, 1.165) is 29.8 Å². The molecule has 0 aromatic heterocycles. The number of fused-ring (bicyclic) bond motifs is 1. The third-order valence-electron chi connectivity index (χ3n) is 2.69. The highest BCUT2D eigenvalue weighted by Gasteiger charge is 2.23. The molecule has 0 unspecified atom stereocenters. The Bertz CT molecular complexity index is 413. The third kappa shape index (κ3) is 1.14. The Labute approximate surface area is 82.1 Å². The first-order chi connectivity index (χ1) is 6.61. The normalized spacial score (nSPS) is 13.6. The van der Waals surface area contributed by atoms with E-state index in [1.54, 1.807) is 6.92 Å². The second kappa shape index (κ2) is 2.97. The molecule has 1 aliphatic rings. The highest BCUT2D eigenvalue weighted by Crippen LogP contribution is 2.35. The fourth-order valence-electron chi connectivity index (χ4n) is 2.10. The van der Waals surface area contributed by atoms with Gasteiger partial charge >= 0.3 is 0 Å². The number of nitrogens with zero attached hydrogens (tertiary/aromatic N) is 1. The Balaban J connectivity index is 2.68. The maximum Gasteiger partial charge on any atom is 0.277 e. The van der Waals surface area contributed by atoms with Crippen LogP contribution in [0.15, 0.2) is 6.07 Å². The van der Waals surface area contributed by atoms with Crippen LogP contribution in [-0.4, -0.2) is 11.5 Å². The highest BCUT2D eigenvalue weighted by molar-refractivity contribution is 5.69. The number of hydrogen-bond donors (Lipinski definition) is 1. The van der Waals surface area contributed by atoms with E-state index in [2.05, 4.69) is 5.32 Å². The van der Waals surface area contributed by atoms with Crippen LogP contribution in [0.4, 0.5) is 11.4 Å². The lowest BCUT2D eigenvalue weighted by Gasteiger charge is -2.07. The van der Waals surface area contributed by atoms with E-state index in [4.69, 9.17) is 0 Å². The topological polar surface area (TPSA) is 55.2 Å². The zero-order valence-corrected chi connectivity index (χ0v) is 8.26. The smallest absolute Gasteiger partial charge is 0.277 e. The monoisotopic (exact) mass is 192 g/mol. The summed E-state index contributed by atoms with van der Waals surface area (Å²) in [5.74, 6) is 0. The molecular weight excluding hydrogens is 180 g/mol. The number of rotatable bonds is 1. The van der Waals surface area contributed by atoms with E-state index in [1.165, 1.54) is 5.56 Å². The number of nitro benzene ring substituents is 1. The summed E-state index contributed by atoms with van der Waals surface area (Å²) >= 11 is 0. The Hall–Kier alpha value is -1.58. The number of hydrogen-bond acceptors (Lipinski definition) is 3. The molecule has 4 nitrogen and oxygen atoms in total. The van der Waals surface area contributed by atoms with Gasteiger partial charge < -0.3 is 5.32 Å². The molecule has 1 N–H and O–H groups in total. The molecular formula is C10H12N2O2. The molecule has 0 amide bonds. The van der Waals surface area contributed by atoms with E-state index in [9.17, 15) is 10.1 Å². The minimum Gasteiger partial charge on any atom is -0.384 e. The van der Waals surface area contributed by atoms with Gasteiger partial charge in [0.1, 0.15) is 0 Å². The summed E-state index contributed by atoms with van der Waals surface area (Å²) in [4.78, 5) is 10.5. The van der Waals surface area contributed by atoms with E-state index in [-0.39, 0.29) is 10.6 Å². The molecule has 1 heterocycles. The van der Waals surface area contributed by atoms with Crippen LogP contribution in [0.2, 0.25) is 0 Å². The lowest BCUT2D eigenvalue weighted by atomic mass is 10.0. The standard InChI is InChI=1S/C10H12N2O2/c1-6-5-8-3-4-11-9(8)7(2)10(6)12(13)14/h5,11H,3-4H2,1-2H3. The molecule has 74 valence electrons. The van der Waals surface area contributed by atoms with Gasteiger partial charge in [-0.1, -0.05) is 0 Å². The Morgan fingerprint density at radius 1 is 1.50 bits per heavy atom. The van der Waals surface area contributed by atoms with Crippen LogP contribution in [0.5, 0.6) is 0 Å². The lowest BCUT2D eigenvalue weighted by molar-refractivity contribution is -0.386. The van der Waals surface area contributed by atoms with Gasteiger partial charge in [0.25, 0.3) is 5.69 Å². The van der Waals surface area contributed by atoms with Gasteiger partial charge in [0.05, 0.1) is 10.5 Å². The third-order valence-corrected chi connectivity index (χ3v) is 2.69. The van der Waals surface area contributed by atoms with Crippen molar-refractivity contribution in [2.75, 3.05) is 11.9 Å². The number of nitrogens with one attached hydrogen (secondary N) is 1. The van der Waals surface area contributed by atoms with Crippen molar-refractivity contribution in [1.82, 2.24) is 0 Å². The minimum absolute atomic E-state index is 0.248. The summed E-state index contributed by atoms with van der Waals surface area (Å²) in [5, 5.41) is 14.0. The summed E-state index contributed by atoms with van der Waals surface area (Å²) in [6.07, 6.45) is 0.967. The van der Waals surface area contributed by atoms with Gasteiger partial charge in [-0.25, -0.2) is 0 Å². The van der Waals surface area contributed by atoms with Gasteiger partial charge in [-0.2, -0.15) is 0 Å². The second-order valence-electron chi connectivity index (χ2n) is 3.64. The first-order valence-electron chi connectivity index (χ1n) is 4.62. The maximum absolute atomic E-state index is 10.8. The Kier molecular flexibility index (Phi) is 1.91. The Morgan fingerprint density at radius 2 is 2.21 bits per heavy atom. The van der Waals surface area contributed by atoms with Crippen molar-refractivity contribution in [1.29, 1.82) is 0 Å². The molecule has 0 spiro atoms. The molecule has 0 saturated heterocycles. The van der Waals surface area contributed by atoms with Crippen molar-refractivity contribution in [3.05, 3.63) is 32.9 Å². The second-order valence-corrected chi connectivity index (χ2v) is 3.64. The van der Waals surface area contributed by atoms with Crippen LogP contribution in [0, 0.1) is 24.0 Å². The van der Waals surface area contributed by atoms with Crippen LogP contribution < -0.4 is 5.32 Å². The number of anilines is 1. The van der Waals surface area contributed by atoms with Gasteiger partial charge in [0, 0.05) is 17.8 Å². The van der Waals surface area contributed by atoms with Crippen LogP contribution in [0.3, 0.4) is 0 Å². The molecule has 0 atom stereocenters. The van der Waals surface area contributed by atoms with Crippen LogP contribution in [0.25, 0.3) is 0 Å². The first-order valence-corrected chi connectivity index (χ1v) is 4.62. The van der Waals surface area contributed by atoms with Crippen molar-refractivity contribution in [3.63, 3.8) is 0 Å². The average Bonchev–Trinajstić information content (AvgIpc) is 2.50. The zero-order valence-electron chi connectivity index (χ0n) is 8.26. The van der Waals surface area contributed by atoms with Crippen LogP contribution >= 0.6 is 0 Å². The molecule has 1 aromatic carbocycles. The average molecular weight is 192 g/mol. The molecule has 0 radical (unpaired) electrons. The van der Waals surface area contributed by atoms with Gasteiger partial charge in [-0.05, 0) is 31.9 Å². The van der Waals surface area contributed by atoms with Gasteiger partial charge in [-0.3, -0.25) is 10.1 Å². The summed E-state index contributed by atoms with van der Waals surface area (Å²) in [6.45, 7) is 4.49. The first kappa shape index (κ1) is 8.99. The summed E-state index contributed by atoms with van der Waals surface area (Å²) < 4.78 is 0. The van der Waals surface area contributed by atoms with Crippen molar-refractivity contribution in [2.24, 2.45) is 0 Å². The van der Waals surface area contributed by atoms with Gasteiger partial charge in [0.15, 0.2) is 0 Å². The summed E-state index contributed by atoms with van der Waals surface area (Å²) in [6, 6.07) is 1.92. The molecule has 0 aliphatic carbocycles. The predicted molar refractivity (Wildman–Crippen MR) is 54.8 cm³/mol. The summed E-state index contributed by atoms with van der Waals surface area (Å²) in [7, 11) is 0. The van der Waals surface area contributed by atoms with Crippen LogP contribution in [0.1, 0.15) is 16.7 Å². The highest BCUT2D eigenvalue weighted by atomic mass is 16.6. The molecule has 0 fully saturated rings. The fraction of sp³-hybridized carbons (Fsp3) is 0.400. The largest absolute Gasteiger partial charge is 0.384 e. The van der Waals surface area contributed by atoms with Gasteiger partial charge in [-0.15, -0.1) is 0 Å². The summed E-state index contributed by atoms with van der Waals surface area (Å²) in [5.41, 5.74) is 3.93. The van der Waals surface area contributed by atoms with Crippen molar-refractivity contribution in [3.8, 4) is 0 Å². The number of aryl methyl sites for hydroxylation is 1. The number of nitro groups is 1. The van der Waals surface area contributed by atoms with Crippen molar-refractivity contribution < 1.29 is 4.92 Å². The van der Waals surface area contributed by atoms with Crippen LogP contribution in [-0.2, 0) is 6.42 Å². The molecule has 1 aliphatic heterocycles. The van der Waals surface area contributed by atoms with Gasteiger partial charge in [0.2, 0.25) is 0 Å². The zero-order chi connectivity index (χ0) is 10.3. The fourth-order valence-corrected chi connectivity index (χ4v) is 2.10. The van der Waals surface area contributed by atoms with Crippen molar-refractivity contribution >= 4 is 11.4 Å². The lowest BCUT2D eigenvalue weighted by Crippen LogP contribution is -1.99. The SMILES string of the molecule is Cc1cc2c(c(C)c1[N+](=O)[O-])NCC2. The van der Waals surface area contributed by atoms with E-state index < -0.39 is 0 Å². The number of benzene rings is 1. The molecule has 1 aromatic rings.